The maximum Gasteiger partial charge on any atom is 0.295 e. The second kappa shape index (κ2) is 7.24. The number of hydrogen-bond acceptors (Lipinski definition) is 7. The third-order valence-electron chi connectivity index (χ3n) is 4.10. The van der Waals surface area contributed by atoms with Crippen molar-refractivity contribution >= 4 is 34.7 Å². The maximum absolute atomic E-state index is 12.6. The lowest BCUT2D eigenvalue weighted by Gasteiger charge is -2.14. The van der Waals surface area contributed by atoms with E-state index < -0.39 is 0 Å². The number of thioether (sulfide) groups is 1. The third-order valence-corrected chi connectivity index (χ3v) is 5.01. The number of hydrogen-bond donors (Lipinski definition) is 1. The van der Waals surface area contributed by atoms with Gasteiger partial charge in [-0.3, -0.25) is 14.5 Å². The van der Waals surface area contributed by atoms with E-state index in [2.05, 4.69) is 5.32 Å². The van der Waals surface area contributed by atoms with Crippen molar-refractivity contribution in [3.05, 3.63) is 52.9 Å². The number of amides is 2. The molecule has 4 rings (SSSR count). The summed E-state index contributed by atoms with van der Waals surface area (Å²) >= 11 is 0.918. The molecule has 1 saturated heterocycles. The van der Waals surface area contributed by atoms with E-state index >= 15 is 0 Å². The largest absolute Gasteiger partial charge is 0.497 e. The number of fused-ring (bicyclic) bond motifs is 1. The van der Waals surface area contributed by atoms with E-state index in [1.807, 2.05) is 18.2 Å². The van der Waals surface area contributed by atoms with E-state index in [0.717, 1.165) is 28.8 Å². The zero-order valence-electron chi connectivity index (χ0n) is 14.4. The Morgan fingerprint density at radius 2 is 1.93 bits per heavy atom. The average molecular weight is 384 g/mol. The molecule has 0 unspecified atom stereocenters. The number of nitrogens with one attached hydrogen (secondary N) is 1. The van der Waals surface area contributed by atoms with Crippen molar-refractivity contribution in [2.75, 3.05) is 25.9 Å². The van der Waals surface area contributed by atoms with Gasteiger partial charge in [0.1, 0.15) is 5.75 Å². The smallest absolute Gasteiger partial charge is 0.295 e. The lowest BCUT2D eigenvalue weighted by Crippen LogP contribution is -2.33. The Morgan fingerprint density at radius 3 is 2.70 bits per heavy atom. The summed E-state index contributed by atoms with van der Waals surface area (Å²) in [5.74, 6) is 1.70. The van der Waals surface area contributed by atoms with Crippen molar-refractivity contribution in [3.63, 3.8) is 0 Å². The monoisotopic (exact) mass is 384 g/mol. The molecule has 0 aliphatic carbocycles. The Labute approximate surface area is 159 Å². The molecule has 2 amide bonds. The first-order chi connectivity index (χ1) is 13.1. The Balaban J connectivity index is 1.45. The van der Waals surface area contributed by atoms with E-state index in [1.54, 1.807) is 37.5 Å². The minimum atomic E-state index is -0.330. The van der Waals surface area contributed by atoms with Crippen LogP contribution in [-0.4, -0.2) is 36.6 Å². The molecule has 8 heteroatoms. The van der Waals surface area contributed by atoms with Crippen LogP contribution < -0.4 is 19.5 Å². The zero-order chi connectivity index (χ0) is 18.8. The Kier molecular flexibility index (Phi) is 4.64. The van der Waals surface area contributed by atoms with Gasteiger partial charge in [-0.05, 0) is 59.8 Å². The maximum atomic E-state index is 12.6. The molecule has 1 fully saturated rings. The number of methoxy groups -OCH3 is 1. The summed E-state index contributed by atoms with van der Waals surface area (Å²) in [6, 6.07) is 12.6. The van der Waals surface area contributed by atoms with Crippen molar-refractivity contribution in [1.29, 1.82) is 0 Å². The molecule has 0 atom stereocenters. The first-order valence-electron chi connectivity index (χ1n) is 8.17. The number of ether oxygens (including phenoxy) is 3. The second-order valence-electron chi connectivity index (χ2n) is 5.79. The standard InChI is InChI=1S/C19H16N2O5S/c1-24-14-5-3-13(4-6-14)20-10-21-18(22)17(27-19(21)23)9-12-2-7-15-16(8-12)26-11-25-15/h2-9,20H,10-11H2,1H3/b17-9-. The molecule has 0 aromatic heterocycles. The molecule has 2 aromatic carbocycles. The van der Waals surface area contributed by atoms with Crippen LogP contribution >= 0.6 is 11.8 Å². The van der Waals surface area contributed by atoms with Crippen LogP contribution in [0.15, 0.2) is 47.4 Å². The highest BCUT2D eigenvalue weighted by atomic mass is 32.2. The Hall–Kier alpha value is -3.13. The van der Waals surface area contributed by atoms with Gasteiger partial charge in [0.15, 0.2) is 11.5 Å². The molecule has 2 aliphatic heterocycles. The molecule has 2 aliphatic rings. The summed E-state index contributed by atoms with van der Waals surface area (Å²) in [5, 5.41) is 2.76. The van der Waals surface area contributed by atoms with Crippen LogP contribution in [0.5, 0.6) is 17.2 Å². The fraction of sp³-hybridized carbons (Fsp3) is 0.158. The van der Waals surface area contributed by atoms with Crippen LogP contribution in [0.1, 0.15) is 5.56 Å². The second-order valence-corrected chi connectivity index (χ2v) is 6.78. The fourth-order valence-corrected chi connectivity index (χ4v) is 3.51. The summed E-state index contributed by atoms with van der Waals surface area (Å²) in [6.45, 7) is 0.280. The Morgan fingerprint density at radius 1 is 1.15 bits per heavy atom. The van der Waals surface area contributed by atoms with E-state index in [1.165, 1.54) is 4.90 Å². The van der Waals surface area contributed by atoms with Gasteiger partial charge in [0, 0.05) is 5.69 Å². The van der Waals surface area contributed by atoms with Gasteiger partial charge in [-0.25, -0.2) is 0 Å². The van der Waals surface area contributed by atoms with Gasteiger partial charge in [-0.1, -0.05) is 6.07 Å². The van der Waals surface area contributed by atoms with Crippen LogP contribution in [0.4, 0.5) is 10.5 Å². The van der Waals surface area contributed by atoms with Crippen molar-refractivity contribution in [1.82, 2.24) is 4.90 Å². The minimum Gasteiger partial charge on any atom is -0.497 e. The average Bonchev–Trinajstić information content (AvgIpc) is 3.25. The van der Waals surface area contributed by atoms with Crippen molar-refractivity contribution in [2.45, 2.75) is 0 Å². The number of rotatable bonds is 5. The summed E-state index contributed by atoms with van der Waals surface area (Å²) in [7, 11) is 1.59. The molecule has 2 heterocycles. The number of carbonyl (C=O) groups is 2. The van der Waals surface area contributed by atoms with Crippen molar-refractivity contribution < 1.29 is 23.8 Å². The predicted molar refractivity (Wildman–Crippen MR) is 102 cm³/mol. The van der Waals surface area contributed by atoms with Crippen LogP contribution in [0, 0.1) is 0 Å². The topological polar surface area (TPSA) is 77.1 Å². The van der Waals surface area contributed by atoms with Gasteiger partial charge in [-0.15, -0.1) is 0 Å². The van der Waals surface area contributed by atoms with Crippen LogP contribution in [0.25, 0.3) is 6.08 Å². The van der Waals surface area contributed by atoms with Gasteiger partial charge < -0.3 is 19.5 Å². The predicted octanol–water partition coefficient (Wildman–Crippen LogP) is 3.53. The van der Waals surface area contributed by atoms with E-state index in [-0.39, 0.29) is 24.6 Å². The molecule has 2 aromatic rings. The van der Waals surface area contributed by atoms with E-state index in [9.17, 15) is 9.59 Å². The minimum absolute atomic E-state index is 0.0927. The Bertz CT molecular complexity index is 926. The zero-order valence-corrected chi connectivity index (χ0v) is 15.2. The molecule has 0 spiro atoms. The number of imide groups is 1. The van der Waals surface area contributed by atoms with Gasteiger partial charge in [0.25, 0.3) is 11.1 Å². The van der Waals surface area contributed by atoms with Crippen LogP contribution in [0.2, 0.25) is 0 Å². The summed E-state index contributed by atoms with van der Waals surface area (Å²) in [5.41, 5.74) is 1.56. The van der Waals surface area contributed by atoms with Gasteiger partial charge >= 0.3 is 0 Å². The molecule has 138 valence electrons. The molecule has 0 bridgehead atoms. The molecule has 27 heavy (non-hydrogen) atoms. The molecule has 0 saturated carbocycles. The van der Waals surface area contributed by atoms with Gasteiger partial charge in [-0.2, -0.15) is 0 Å². The lowest BCUT2D eigenvalue weighted by atomic mass is 10.2. The molecule has 7 nitrogen and oxygen atoms in total. The molecular weight excluding hydrogens is 368 g/mol. The quantitative estimate of drug-likeness (QED) is 0.790. The SMILES string of the molecule is COc1ccc(NCN2C(=O)S/C(=C\c3ccc4c(c3)OCO4)C2=O)cc1. The third kappa shape index (κ3) is 3.56. The van der Waals surface area contributed by atoms with Gasteiger partial charge in [0.2, 0.25) is 6.79 Å². The lowest BCUT2D eigenvalue weighted by molar-refractivity contribution is -0.122. The van der Waals surface area contributed by atoms with Crippen LogP contribution in [-0.2, 0) is 4.79 Å². The highest BCUT2D eigenvalue weighted by Gasteiger charge is 2.34. The number of benzene rings is 2. The van der Waals surface area contributed by atoms with Gasteiger partial charge in [0.05, 0.1) is 18.7 Å². The van der Waals surface area contributed by atoms with E-state index in [4.69, 9.17) is 14.2 Å². The van der Waals surface area contributed by atoms with Crippen LogP contribution in [0.3, 0.4) is 0 Å². The first kappa shape index (κ1) is 17.3. The number of anilines is 1. The summed E-state index contributed by atoms with van der Waals surface area (Å²) < 4.78 is 15.7. The van der Waals surface area contributed by atoms with Crippen molar-refractivity contribution in [2.24, 2.45) is 0 Å². The molecule has 0 radical (unpaired) electrons. The first-order valence-corrected chi connectivity index (χ1v) is 8.98. The summed E-state index contributed by atoms with van der Waals surface area (Å²) in [6.07, 6.45) is 1.68. The fourth-order valence-electron chi connectivity index (χ4n) is 2.67. The van der Waals surface area contributed by atoms with Crippen molar-refractivity contribution in [3.8, 4) is 17.2 Å². The number of nitrogens with zero attached hydrogens (tertiary/aromatic N) is 1. The number of carbonyl (C=O) groups excluding carboxylic acids is 2. The van der Waals surface area contributed by atoms with E-state index in [0.29, 0.717) is 16.4 Å². The molecule has 1 N–H and O–H groups in total. The normalized spacial score (nSPS) is 16.9. The summed E-state index contributed by atoms with van der Waals surface area (Å²) in [4.78, 5) is 26.3. The molecular formula is C19H16N2O5S. The highest BCUT2D eigenvalue weighted by molar-refractivity contribution is 8.18. The highest BCUT2D eigenvalue weighted by Crippen LogP contribution is 2.36.